The second-order valence-corrected chi connectivity index (χ2v) is 4.79. The van der Waals surface area contributed by atoms with Gasteiger partial charge in [-0.1, -0.05) is 6.07 Å². The number of benzene rings is 1. The zero-order valence-corrected chi connectivity index (χ0v) is 11.4. The number of H-pyrrole nitrogens is 2. The average molecular weight is 284 g/mol. The van der Waals surface area contributed by atoms with E-state index >= 15 is 0 Å². The van der Waals surface area contributed by atoms with Gasteiger partial charge in [0.15, 0.2) is 0 Å². The number of amides is 1. The quantitative estimate of drug-likeness (QED) is 0.537. The third-order valence-corrected chi connectivity index (χ3v) is 3.30. The summed E-state index contributed by atoms with van der Waals surface area (Å²) in [5.41, 5.74) is 3.33. The van der Waals surface area contributed by atoms with Crippen LogP contribution in [0.3, 0.4) is 0 Å². The molecule has 0 saturated heterocycles. The van der Waals surface area contributed by atoms with Crippen molar-refractivity contribution in [2.24, 2.45) is 0 Å². The Hall–Kier alpha value is -2.60. The van der Waals surface area contributed by atoms with Crippen LogP contribution in [-0.4, -0.2) is 39.3 Å². The molecule has 0 fully saturated rings. The Kier molecular flexibility index (Phi) is 3.70. The van der Waals surface area contributed by atoms with Crippen molar-refractivity contribution < 1.29 is 9.90 Å². The molecule has 0 aliphatic rings. The molecule has 108 valence electrons. The predicted molar refractivity (Wildman–Crippen MR) is 79.9 cm³/mol. The molecule has 0 unspecified atom stereocenters. The smallest absolute Gasteiger partial charge is 0.251 e. The zero-order valence-electron chi connectivity index (χ0n) is 11.4. The number of aromatic nitrogens is 3. The van der Waals surface area contributed by atoms with Gasteiger partial charge in [-0.2, -0.15) is 5.10 Å². The van der Waals surface area contributed by atoms with Crippen molar-refractivity contribution in [1.82, 2.24) is 20.5 Å². The van der Waals surface area contributed by atoms with E-state index in [1.807, 2.05) is 24.3 Å². The molecule has 3 rings (SSSR count). The number of rotatable bonds is 5. The number of fused-ring (bicyclic) bond motifs is 1. The summed E-state index contributed by atoms with van der Waals surface area (Å²) in [6, 6.07) is 9.42. The van der Waals surface area contributed by atoms with Gasteiger partial charge in [0.1, 0.15) is 0 Å². The van der Waals surface area contributed by atoms with Crippen molar-refractivity contribution in [2.75, 3.05) is 13.2 Å². The monoisotopic (exact) mass is 284 g/mol. The number of hydrogen-bond acceptors (Lipinski definition) is 3. The molecule has 0 radical (unpaired) electrons. The van der Waals surface area contributed by atoms with E-state index in [0.29, 0.717) is 18.5 Å². The summed E-state index contributed by atoms with van der Waals surface area (Å²) < 4.78 is 0. The largest absolute Gasteiger partial charge is 0.396 e. The fourth-order valence-corrected chi connectivity index (χ4v) is 2.20. The normalized spacial score (nSPS) is 10.9. The zero-order chi connectivity index (χ0) is 14.7. The average Bonchev–Trinajstić information content (AvgIpc) is 3.15. The van der Waals surface area contributed by atoms with Crippen molar-refractivity contribution in [3.05, 3.63) is 42.1 Å². The maximum absolute atomic E-state index is 12.0. The number of nitrogens with zero attached hydrogens (tertiary/aromatic N) is 1. The minimum atomic E-state index is -0.136. The van der Waals surface area contributed by atoms with E-state index in [-0.39, 0.29) is 12.5 Å². The van der Waals surface area contributed by atoms with Crippen LogP contribution in [0.15, 0.2) is 36.5 Å². The molecule has 1 aromatic carbocycles. The van der Waals surface area contributed by atoms with Crippen molar-refractivity contribution >= 4 is 16.8 Å². The highest BCUT2D eigenvalue weighted by atomic mass is 16.3. The summed E-state index contributed by atoms with van der Waals surface area (Å²) in [7, 11) is 0. The SMILES string of the molecule is O=C(NCCCO)c1ccc2cc(-c3ccn[nH]3)[nH]c2c1. The number of carbonyl (C=O) groups is 1. The van der Waals surface area contributed by atoms with E-state index in [1.165, 1.54) is 0 Å². The molecule has 21 heavy (non-hydrogen) atoms. The van der Waals surface area contributed by atoms with Gasteiger partial charge < -0.3 is 15.4 Å². The van der Waals surface area contributed by atoms with Crippen LogP contribution >= 0.6 is 0 Å². The molecule has 0 bridgehead atoms. The molecule has 0 aliphatic heterocycles. The van der Waals surface area contributed by atoms with E-state index in [2.05, 4.69) is 20.5 Å². The second-order valence-electron chi connectivity index (χ2n) is 4.79. The molecule has 0 spiro atoms. The van der Waals surface area contributed by atoms with Crippen LogP contribution in [0.2, 0.25) is 0 Å². The van der Waals surface area contributed by atoms with Crippen LogP contribution < -0.4 is 5.32 Å². The van der Waals surface area contributed by atoms with E-state index in [9.17, 15) is 4.79 Å². The van der Waals surface area contributed by atoms with Gasteiger partial charge in [0, 0.05) is 35.8 Å². The number of aromatic amines is 2. The maximum Gasteiger partial charge on any atom is 0.251 e. The van der Waals surface area contributed by atoms with E-state index in [4.69, 9.17) is 5.11 Å². The molecule has 4 N–H and O–H groups in total. The lowest BCUT2D eigenvalue weighted by atomic mass is 10.1. The van der Waals surface area contributed by atoms with Crippen LogP contribution in [0, 0.1) is 0 Å². The summed E-state index contributed by atoms with van der Waals surface area (Å²) in [4.78, 5) is 15.2. The number of carbonyl (C=O) groups excluding carboxylic acids is 1. The fourth-order valence-electron chi connectivity index (χ4n) is 2.20. The molecular weight excluding hydrogens is 268 g/mol. The lowest BCUT2D eigenvalue weighted by Crippen LogP contribution is -2.24. The van der Waals surface area contributed by atoms with Crippen LogP contribution in [-0.2, 0) is 0 Å². The number of nitrogens with one attached hydrogen (secondary N) is 3. The first-order chi connectivity index (χ1) is 10.3. The van der Waals surface area contributed by atoms with Gasteiger partial charge in [-0.25, -0.2) is 0 Å². The van der Waals surface area contributed by atoms with Crippen molar-refractivity contribution in [3.8, 4) is 11.4 Å². The van der Waals surface area contributed by atoms with Gasteiger partial charge in [0.05, 0.1) is 11.4 Å². The van der Waals surface area contributed by atoms with E-state index < -0.39 is 0 Å². The Balaban J connectivity index is 1.84. The van der Waals surface area contributed by atoms with Gasteiger partial charge in [0.2, 0.25) is 0 Å². The van der Waals surface area contributed by atoms with Gasteiger partial charge >= 0.3 is 0 Å². The minimum Gasteiger partial charge on any atom is -0.396 e. The summed E-state index contributed by atoms with van der Waals surface area (Å²) in [6.07, 6.45) is 2.25. The topological polar surface area (TPSA) is 93.8 Å². The molecule has 0 aliphatic carbocycles. The van der Waals surface area contributed by atoms with Crippen LogP contribution in [0.5, 0.6) is 0 Å². The van der Waals surface area contributed by atoms with Crippen molar-refractivity contribution in [2.45, 2.75) is 6.42 Å². The first-order valence-corrected chi connectivity index (χ1v) is 6.79. The highest BCUT2D eigenvalue weighted by molar-refractivity contribution is 5.98. The number of aliphatic hydroxyl groups excluding tert-OH is 1. The number of aliphatic hydroxyl groups is 1. The molecule has 0 atom stereocenters. The van der Waals surface area contributed by atoms with Crippen LogP contribution in [0.1, 0.15) is 16.8 Å². The Morgan fingerprint density at radius 2 is 2.14 bits per heavy atom. The molecule has 1 amide bonds. The summed E-state index contributed by atoms with van der Waals surface area (Å²) in [5, 5.41) is 19.4. The Morgan fingerprint density at radius 1 is 1.24 bits per heavy atom. The van der Waals surface area contributed by atoms with Crippen LogP contribution in [0.25, 0.3) is 22.3 Å². The van der Waals surface area contributed by atoms with Crippen molar-refractivity contribution in [3.63, 3.8) is 0 Å². The van der Waals surface area contributed by atoms with Gasteiger partial charge in [0.25, 0.3) is 5.91 Å². The Labute approximate surface area is 121 Å². The van der Waals surface area contributed by atoms with E-state index in [0.717, 1.165) is 22.3 Å². The van der Waals surface area contributed by atoms with Gasteiger partial charge in [-0.3, -0.25) is 9.89 Å². The minimum absolute atomic E-state index is 0.0729. The second kappa shape index (κ2) is 5.80. The van der Waals surface area contributed by atoms with Crippen LogP contribution in [0.4, 0.5) is 0 Å². The molecule has 6 heteroatoms. The predicted octanol–water partition coefficient (Wildman–Crippen LogP) is 1.67. The van der Waals surface area contributed by atoms with E-state index in [1.54, 1.807) is 12.3 Å². The molecule has 2 heterocycles. The molecule has 6 nitrogen and oxygen atoms in total. The third-order valence-electron chi connectivity index (χ3n) is 3.30. The van der Waals surface area contributed by atoms with Gasteiger partial charge in [-0.15, -0.1) is 0 Å². The third kappa shape index (κ3) is 2.80. The Bertz CT molecular complexity index is 746. The summed E-state index contributed by atoms with van der Waals surface area (Å²) in [6.45, 7) is 0.543. The summed E-state index contributed by atoms with van der Waals surface area (Å²) in [5.74, 6) is -0.136. The highest BCUT2D eigenvalue weighted by Gasteiger charge is 2.09. The maximum atomic E-state index is 12.0. The summed E-state index contributed by atoms with van der Waals surface area (Å²) >= 11 is 0. The lowest BCUT2D eigenvalue weighted by molar-refractivity contribution is 0.0951. The molecular formula is C15H16N4O2. The molecule has 2 aromatic heterocycles. The molecule has 3 aromatic rings. The standard InChI is InChI=1S/C15H16N4O2/c20-7-1-5-16-15(21)11-3-2-10-8-14(18-13(10)9-11)12-4-6-17-19-12/h2-4,6,8-9,18,20H,1,5,7H2,(H,16,21)(H,17,19). The highest BCUT2D eigenvalue weighted by Crippen LogP contribution is 2.23. The van der Waals surface area contributed by atoms with Gasteiger partial charge in [-0.05, 0) is 30.7 Å². The number of hydrogen-bond donors (Lipinski definition) is 4. The first kappa shape index (κ1) is 13.4. The fraction of sp³-hybridized carbons (Fsp3) is 0.200. The molecule has 0 saturated carbocycles. The lowest BCUT2D eigenvalue weighted by Gasteiger charge is -2.03. The Morgan fingerprint density at radius 3 is 2.90 bits per heavy atom. The van der Waals surface area contributed by atoms with Crippen molar-refractivity contribution in [1.29, 1.82) is 0 Å². The first-order valence-electron chi connectivity index (χ1n) is 6.79.